The van der Waals surface area contributed by atoms with Gasteiger partial charge in [-0.1, -0.05) is 29.8 Å². The molecule has 0 saturated carbocycles. The molecule has 2 aromatic rings. The smallest absolute Gasteiger partial charge is 0.121 e. The van der Waals surface area contributed by atoms with Crippen LogP contribution in [0.2, 0.25) is 0 Å². The first-order valence-corrected chi connectivity index (χ1v) is 7.11. The molecule has 0 aliphatic heterocycles. The predicted molar refractivity (Wildman–Crippen MR) is 76.1 cm³/mol. The Morgan fingerprint density at radius 1 is 1.11 bits per heavy atom. The summed E-state index contributed by atoms with van der Waals surface area (Å²) in [7, 11) is 1.98. The van der Waals surface area contributed by atoms with Crippen molar-refractivity contribution in [1.82, 2.24) is 15.5 Å². The summed E-state index contributed by atoms with van der Waals surface area (Å²) in [5.41, 5.74) is 2.60. The van der Waals surface area contributed by atoms with E-state index in [1.165, 1.54) is 11.1 Å². The lowest BCUT2D eigenvalue weighted by Crippen LogP contribution is -2.08. The van der Waals surface area contributed by atoms with Crippen molar-refractivity contribution >= 4 is 11.3 Å². The number of hydrogen-bond acceptors (Lipinski definition) is 4. The van der Waals surface area contributed by atoms with Gasteiger partial charge < -0.3 is 5.32 Å². The molecule has 4 heteroatoms. The fraction of sp³-hybridized carbons (Fsp3) is 0.429. The molecule has 1 aromatic heterocycles. The van der Waals surface area contributed by atoms with Crippen LogP contribution in [0.1, 0.15) is 27.6 Å². The summed E-state index contributed by atoms with van der Waals surface area (Å²) >= 11 is 1.73. The van der Waals surface area contributed by atoms with E-state index in [0.717, 1.165) is 35.8 Å². The van der Waals surface area contributed by atoms with Gasteiger partial charge in [-0.05, 0) is 32.5 Å². The number of hydrogen-bond donors (Lipinski definition) is 1. The van der Waals surface area contributed by atoms with Gasteiger partial charge in [0, 0.05) is 12.8 Å². The van der Waals surface area contributed by atoms with Gasteiger partial charge in [0.05, 0.1) is 0 Å². The Morgan fingerprint density at radius 2 is 1.83 bits per heavy atom. The van der Waals surface area contributed by atoms with E-state index in [2.05, 4.69) is 46.7 Å². The fourth-order valence-corrected chi connectivity index (χ4v) is 2.68. The third kappa shape index (κ3) is 3.89. The van der Waals surface area contributed by atoms with Gasteiger partial charge in [0.25, 0.3) is 0 Å². The zero-order valence-corrected chi connectivity index (χ0v) is 11.8. The van der Waals surface area contributed by atoms with Crippen molar-refractivity contribution in [3.8, 4) is 0 Å². The van der Waals surface area contributed by atoms with Crippen LogP contribution in [0.25, 0.3) is 0 Å². The highest BCUT2D eigenvalue weighted by Gasteiger charge is 2.04. The minimum absolute atomic E-state index is 0.893. The van der Waals surface area contributed by atoms with Gasteiger partial charge in [-0.25, -0.2) is 0 Å². The van der Waals surface area contributed by atoms with E-state index in [-0.39, 0.29) is 0 Å². The fourth-order valence-electron chi connectivity index (χ4n) is 1.76. The average Bonchev–Trinajstić information content (AvgIpc) is 2.80. The van der Waals surface area contributed by atoms with Gasteiger partial charge in [-0.3, -0.25) is 0 Å². The Morgan fingerprint density at radius 3 is 2.56 bits per heavy atom. The molecule has 1 heterocycles. The van der Waals surface area contributed by atoms with Crippen molar-refractivity contribution in [2.24, 2.45) is 0 Å². The largest absolute Gasteiger partial charge is 0.320 e. The molecule has 2 rings (SSSR count). The van der Waals surface area contributed by atoms with Crippen LogP contribution >= 0.6 is 11.3 Å². The van der Waals surface area contributed by atoms with Crippen molar-refractivity contribution in [2.75, 3.05) is 13.6 Å². The van der Waals surface area contributed by atoms with E-state index >= 15 is 0 Å². The van der Waals surface area contributed by atoms with Crippen molar-refractivity contribution in [3.05, 3.63) is 45.4 Å². The summed E-state index contributed by atoms with van der Waals surface area (Å²) in [5, 5.41) is 13.9. The minimum atomic E-state index is 0.893. The molecule has 3 nitrogen and oxygen atoms in total. The second-order valence-corrected chi connectivity index (χ2v) is 5.61. The summed E-state index contributed by atoms with van der Waals surface area (Å²) in [6.07, 6.45) is 3.03. The Labute approximate surface area is 112 Å². The Balaban J connectivity index is 1.91. The molecule has 96 valence electrons. The van der Waals surface area contributed by atoms with E-state index in [0.29, 0.717) is 0 Å². The normalized spacial score (nSPS) is 10.8. The number of aryl methyl sites for hydroxylation is 2. The first-order chi connectivity index (χ1) is 8.78. The van der Waals surface area contributed by atoms with Crippen LogP contribution in [0.5, 0.6) is 0 Å². The van der Waals surface area contributed by atoms with Crippen molar-refractivity contribution in [1.29, 1.82) is 0 Å². The summed E-state index contributed by atoms with van der Waals surface area (Å²) in [5.74, 6) is 0. The van der Waals surface area contributed by atoms with Crippen LogP contribution in [-0.2, 0) is 12.8 Å². The number of nitrogens with one attached hydrogen (secondary N) is 1. The summed E-state index contributed by atoms with van der Waals surface area (Å²) in [6.45, 7) is 3.14. The lowest BCUT2D eigenvalue weighted by atomic mass is 10.1. The zero-order chi connectivity index (χ0) is 12.8. The maximum absolute atomic E-state index is 4.26. The van der Waals surface area contributed by atoms with Crippen LogP contribution in [-0.4, -0.2) is 23.8 Å². The van der Waals surface area contributed by atoms with Crippen LogP contribution in [0, 0.1) is 6.92 Å². The molecule has 1 aromatic carbocycles. The molecule has 0 bridgehead atoms. The third-order valence-corrected chi connectivity index (χ3v) is 3.79. The quantitative estimate of drug-likeness (QED) is 0.812. The topological polar surface area (TPSA) is 37.8 Å². The molecule has 18 heavy (non-hydrogen) atoms. The Kier molecular flexibility index (Phi) is 4.84. The number of aromatic nitrogens is 2. The molecule has 0 fully saturated rings. The van der Waals surface area contributed by atoms with E-state index in [9.17, 15) is 0 Å². The minimum Gasteiger partial charge on any atom is -0.320 e. The van der Waals surface area contributed by atoms with Gasteiger partial charge in [0.15, 0.2) is 0 Å². The van der Waals surface area contributed by atoms with Crippen LogP contribution in [0.15, 0.2) is 24.3 Å². The third-order valence-electron chi connectivity index (χ3n) is 2.80. The van der Waals surface area contributed by atoms with Gasteiger partial charge >= 0.3 is 0 Å². The molecule has 0 unspecified atom stereocenters. The van der Waals surface area contributed by atoms with Gasteiger partial charge in [-0.2, -0.15) is 0 Å². The van der Waals surface area contributed by atoms with Crippen molar-refractivity contribution in [3.63, 3.8) is 0 Å². The Bertz CT molecular complexity index is 476. The van der Waals surface area contributed by atoms with Crippen LogP contribution in [0.3, 0.4) is 0 Å². The first kappa shape index (κ1) is 13.2. The lowest BCUT2D eigenvalue weighted by Gasteiger charge is -1.97. The van der Waals surface area contributed by atoms with Crippen molar-refractivity contribution < 1.29 is 0 Å². The molecule has 0 radical (unpaired) electrons. The van der Waals surface area contributed by atoms with Crippen LogP contribution in [0.4, 0.5) is 0 Å². The molecule has 0 saturated heterocycles. The molecule has 0 aliphatic carbocycles. The maximum atomic E-state index is 4.26. The zero-order valence-electron chi connectivity index (χ0n) is 10.9. The van der Waals surface area contributed by atoms with Gasteiger partial charge in [-0.15, -0.1) is 21.5 Å². The molecule has 0 spiro atoms. The monoisotopic (exact) mass is 261 g/mol. The number of nitrogens with zero attached hydrogens (tertiary/aromatic N) is 2. The Hall–Kier alpha value is -1.26. The summed E-state index contributed by atoms with van der Waals surface area (Å²) in [4.78, 5) is 0. The van der Waals surface area contributed by atoms with E-state index in [1.807, 2.05) is 7.05 Å². The second kappa shape index (κ2) is 6.61. The highest BCUT2D eigenvalue weighted by atomic mass is 32.1. The molecule has 0 aliphatic rings. The molecule has 0 atom stereocenters. The van der Waals surface area contributed by atoms with Gasteiger partial charge in [0.2, 0.25) is 0 Å². The van der Waals surface area contributed by atoms with Crippen LogP contribution < -0.4 is 5.32 Å². The summed E-state index contributed by atoms with van der Waals surface area (Å²) in [6, 6.07) is 8.61. The molecular weight excluding hydrogens is 242 g/mol. The molecular formula is C14H19N3S. The van der Waals surface area contributed by atoms with E-state index in [1.54, 1.807) is 11.3 Å². The predicted octanol–water partition coefficient (Wildman–Crippen LogP) is 2.59. The lowest BCUT2D eigenvalue weighted by molar-refractivity contribution is 0.717. The highest BCUT2D eigenvalue weighted by Crippen LogP contribution is 2.16. The number of rotatable bonds is 6. The van der Waals surface area contributed by atoms with E-state index < -0.39 is 0 Å². The molecule has 0 amide bonds. The maximum Gasteiger partial charge on any atom is 0.121 e. The highest BCUT2D eigenvalue weighted by molar-refractivity contribution is 7.11. The second-order valence-electron chi connectivity index (χ2n) is 4.46. The van der Waals surface area contributed by atoms with E-state index in [4.69, 9.17) is 0 Å². The standard InChI is InChI=1S/C14H19N3S/c1-11-5-7-12(8-6-11)10-14-17-16-13(18-14)4-3-9-15-2/h5-8,15H,3-4,9-10H2,1-2H3. The average molecular weight is 261 g/mol. The van der Waals surface area contributed by atoms with Gasteiger partial charge in [0.1, 0.15) is 10.0 Å². The number of benzene rings is 1. The first-order valence-electron chi connectivity index (χ1n) is 6.29. The van der Waals surface area contributed by atoms with Crippen molar-refractivity contribution in [2.45, 2.75) is 26.2 Å². The summed E-state index contributed by atoms with van der Waals surface area (Å²) < 4.78 is 0. The SMILES string of the molecule is CNCCCc1nnc(Cc2ccc(C)cc2)s1. The molecule has 1 N–H and O–H groups in total.